The second-order valence-electron chi connectivity index (χ2n) is 7.36. The maximum absolute atomic E-state index is 6.78. The van der Waals surface area contributed by atoms with Gasteiger partial charge in [-0.15, -0.1) is 22.7 Å². The van der Waals surface area contributed by atoms with Crippen molar-refractivity contribution < 1.29 is 0 Å². The van der Waals surface area contributed by atoms with E-state index in [-0.39, 0.29) is 5.41 Å². The van der Waals surface area contributed by atoms with Gasteiger partial charge in [-0.3, -0.25) is 0 Å². The van der Waals surface area contributed by atoms with E-state index < -0.39 is 5.54 Å². The fourth-order valence-electron chi connectivity index (χ4n) is 4.18. The summed E-state index contributed by atoms with van der Waals surface area (Å²) in [6.07, 6.45) is 0. The van der Waals surface area contributed by atoms with Crippen molar-refractivity contribution in [3.63, 3.8) is 0 Å². The smallest absolute Gasteiger partial charge is 0.0708 e. The van der Waals surface area contributed by atoms with E-state index in [1.807, 2.05) is 11.3 Å². The molecule has 0 fully saturated rings. The minimum absolute atomic E-state index is 0.0322. The van der Waals surface area contributed by atoms with Crippen LogP contribution in [0.1, 0.15) is 43.0 Å². The molecule has 1 atom stereocenters. The molecule has 2 aliphatic carbocycles. The summed E-state index contributed by atoms with van der Waals surface area (Å²) in [5.74, 6) is 0. The van der Waals surface area contributed by atoms with Crippen LogP contribution in [-0.2, 0) is 11.0 Å². The summed E-state index contributed by atoms with van der Waals surface area (Å²) in [5.41, 5.74) is 14.4. The summed E-state index contributed by atoms with van der Waals surface area (Å²) in [7, 11) is 0. The summed E-state index contributed by atoms with van der Waals surface area (Å²) in [6, 6.07) is 9.20. The van der Waals surface area contributed by atoms with Gasteiger partial charge in [0.25, 0.3) is 0 Å². The van der Waals surface area contributed by atoms with E-state index in [4.69, 9.17) is 5.73 Å². The van der Waals surface area contributed by atoms with Crippen LogP contribution in [0.5, 0.6) is 0 Å². The molecule has 2 N–H and O–H groups in total. The molecular formula is C19H15Br2NS2. The van der Waals surface area contributed by atoms with Gasteiger partial charge in [-0.2, -0.15) is 0 Å². The highest BCUT2D eigenvalue weighted by Crippen LogP contribution is 2.58. The number of benzene rings is 1. The van der Waals surface area contributed by atoms with Crippen molar-refractivity contribution in [2.45, 2.75) is 31.7 Å². The number of hydrogen-bond acceptors (Lipinski definition) is 3. The second-order valence-corrected chi connectivity index (χ2v) is 12.2. The van der Waals surface area contributed by atoms with Crippen molar-refractivity contribution in [3.05, 3.63) is 54.1 Å². The first-order valence-electron chi connectivity index (χ1n) is 7.79. The van der Waals surface area contributed by atoms with Crippen molar-refractivity contribution in [3.8, 4) is 20.9 Å². The van der Waals surface area contributed by atoms with E-state index in [2.05, 4.69) is 76.9 Å². The summed E-state index contributed by atoms with van der Waals surface area (Å²) in [6.45, 7) is 6.78. The molecule has 0 radical (unpaired) electrons. The first kappa shape index (κ1) is 15.8. The summed E-state index contributed by atoms with van der Waals surface area (Å²) in [5, 5.41) is 0. The Morgan fingerprint density at radius 1 is 0.750 bits per heavy atom. The number of hydrogen-bond donors (Lipinski definition) is 1. The van der Waals surface area contributed by atoms with Crippen LogP contribution in [0.2, 0.25) is 0 Å². The van der Waals surface area contributed by atoms with Gasteiger partial charge in [0.15, 0.2) is 0 Å². The molecule has 2 aliphatic rings. The normalized spacial score (nSPS) is 22.2. The average molecular weight is 481 g/mol. The number of rotatable bonds is 0. The van der Waals surface area contributed by atoms with E-state index in [1.54, 1.807) is 11.3 Å². The Labute approximate surface area is 166 Å². The zero-order valence-electron chi connectivity index (χ0n) is 13.5. The molecule has 1 nitrogen and oxygen atoms in total. The Balaban J connectivity index is 1.86. The van der Waals surface area contributed by atoms with Gasteiger partial charge in [0.2, 0.25) is 0 Å². The molecule has 5 heteroatoms. The standard InChI is InChI=1S/C19H15Br2NS2/c1-18(2)10-4-9-11(5-8(10)16-12(18)6-14(20)23-16)19(3,22)13-7-15(21)24-17(9)13/h4-7H,22H2,1-3H3. The molecule has 0 saturated carbocycles. The van der Waals surface area contributed by atoms with Crippen LogP contribution in [0.4, 0.5) is 0 Å². The van der Waals surface area contributed by atoms with E-state index >= 15 is 0 Å². The molecule has 3 aromatic rings. The minimum atomic E-state index is -0.427. The van der Waals surface area contributed by atoms with Crippen LogP contribution >= 0.6 is 54.5 Å². The summed E-state index contributed by atoms with van der Waals surface area (Å²) in [4.78, 5) is 2.70. The van der Waals surface area contributed by atoms with Crippen LogP contribution in [0.3, 0.4) is 0 Å². The molecule has 0 aliphatic heterocycles. The van der Waals surface area contributed by atoms with E-state index in [0.29, 0.717) is 0 Å². The van der Waals surface area contributed by atoms with Crippen molar-refractivity contribution in [2.24, 2.45) is 5.73 Å². The van der Waals surface area contributed by atoms with Gasteiger partial charge in [-0.05, 0) is 96.4 Å². The molecule has 2 aromatic heterocycles. The summed E-state index contributed by atoms with van der Waals surface area (Å²) >= 11 is 10.9. The van der Waals surface area contributed by atoms with Gasteiger partial charge in [0, 0.05) is 15.2 Å². The molecule has 24 heavy (non-hydrogen) atoms. The van der Waals surface area contributed by atoms with Gasteiger partial charge in [0.1, 0.15) is 0 Å². The minimum Gasteiger partial charge on any atom is -0.318 e. The maximum atomic E-state index is 6.78. The van der Waals surface area contributed by atoms with E-state index in [1.165, 1.54) is 46.9 Å². The van der Waals surface area contributed by atoms with Gasteiger partial charge < -0.3 is 5.73 Å². The van der Waals surface area contributed by atoms with Gasteiger partial charge in [0.05, 0.1) is 13.1 Å². The highest BCUT2D eigenvalue weighted by Gasteiger charge is 2.43. The van der Waals surface area contributed by atoms with Crippen molar-refractivity contribution in [1.82, 2.24) is 0 Å². The third-order valence-corrected chi connectivity index (χ3v) is 8.86. The zero-order valence-corrected chi connectivity index (χ0v) is 18.3. The fourth-order valence-corrected chi connectivity index (χ4v) is 7.72. The molecule has 2 heterocycles. The van der Waals surface area contributed by atoms with Crippen molar-refractivity contribution in [2.75, 3.05) is 0 Å². The lowest BCUT2D eigenvalue weighted by Crippen LogP contribution is -2.31. The predicted molar refractivity (Wildman–Crippen MR) is 111 cm³/mol. The first-order valence-corrected chi connectivity index (χ1v) is 11.0. The zero-order chi connectivity index (χ0) is 17.0. The van der Waals surface area contributed by atoms with E-state index in [9.17, 15) is 0 Å². The van der Waals surface area contributed by atoms with Crippen LogP contribution in [-0.4, -0.2) is 0 Å². The highest BCUT2D eigenvalue weighted by atomic mass is 79.9. The number of halogens is 2. The highest BCUT2D eigenvalue weighted by molar-refractivity contribution is 9.11. The van der Waals surface area contributed by atoms with Crippen LogP contribution in [0.25, 0.3) is 20.9 Å². The monoisotopic (exact) mass is 479 g/mol. The van der Waals surface area contributed by atoms with E-state index in [0.717, 1.165) is 3.79 Å². The van der Waals surface area contributed by atoms with Crippen molar-refractivity contribution in [1.29, 1.82) is 0 Å². The number of nitrogens with two attached hydrogens (primary N) is 1. The maximum Gasteiger partial charge on any atom is 0.0708 e. The Kier molecular flexibility index (Phi) is 3.04. The van der Waals surface area contributed by atoms with Crippen LogP contribution in [0, 0.1) is 0 Å². The SMILES string of the molecule is CC1(C)c2cc3c(cc2-c2sc(Br)cc21)C(C)(N)c1cc(Br)sc1-3. The topological polar surface area (TPSA) is 26.0 Å². The number of thiophene rings is 2. The molecular weight excluding hydrogens is 466 g/mol. The van der Waals surface area contributed by atoms with Gasteiger partial charge in [-0.25, -0.2) is 0 Å². The Hall–Kier alpha value is -0.460. The quantitative estimate of drug-likeness (QED) is 0.374. The predicted octanol–water partition coefficient (Wildman–Crippen LogP) is 6.84. The molecule has 1 aromatic carbocycles. The van der Waals surface area contributed by atoms with Crippen molar-refractivity contribution >= 4 is 54.5 Å². The fraction of sp³-hybridized carbons (Fsp3) is 0.263. The molecule has 122 valence electrons. The second kappa shape index (κ2) is 4.63. The lowest BCUT2D eigenvalue weighted by molar-refractivity contribution is 0.620. The number of fused-ring (bicyclic) bond motifs is 6. The first-order chi connectivity index (χ1) is 11.2. The lowest BCUT2D eigenvalue weighted by atomic mass is 9.81. The molecule has 0 spiro atoms. The molecule has 5 rings (SSSR count). The molecule has 0 bridgehead atoms. The Bertz CT molecular complexity index is 956. The largest absolute Gasteiger partial charge is 0.318 e. The average Bonchev–Trinajstić information content (AvgIpc) is 3.17. The Morgan fingerprint density at radius 2 is 1.25 bits per heavy atom. The molecule has 0 saturated heterocycles. The third kappa shape index (κ3) is 1.78. The lowest BCUT2D eigenvalue weighted by Gasteiger charge is -2.24. The van der Waals surface area contributed by atoms with Gasteiger partial charge in [-0.1, -0.05) is 13.8 Å². The third-order valence-electron chi connectivity index (χ3n) is 5.52. The van der Waals surface area contributed by atoms with Crippen LogP contribution in [0.15, 0.2) is 31.8 Å². The molecule has 1 unspecified atom stereocenters. The van der Waals surface area contributed by atoms with Crippen LogP contribution < -0.4 is 5.73 Å². The van der Waals surface area contributed by atoms with Gasteiger partial charge >= 0.3 is 0 Å². The summed E-state index contributed by atoms with van der Waals surface area (Å²) < 4.78 is 2.35. The Morgan fingerprint density at radius 3 is 1.92 bits per heavy atom. The molecule has 0 amide bonds.